The van der Waals surface area contributed by atoms with E-state index in [9.17, 15) is 19.2 Å². The summed E-state index contributed by atoms with van der Waals surface area (Å²) in [5.74, 6) is -0.863. The number of Topliss-reactive ketones (excluding diaryl/α,β-unsaturated/α-hetero) is 2. The molecule has 0 saturated carbocycles. The van der Waals surface area contributed by atoms with E-state index < -0.39 is 11.8 Å². The lowest BCUT2D eigenvalue weighted by molar-refractivity contribution is -0.125. The van der Waals surface area contributed by atoms with Gasteiger partial charge in [-0.15, -0.1) is 0 Å². The van der Waals surface area contributed by atoms with Crippen LogP contribution in [0.2, 0.25) is 0 Å². The fourth-order valence-corrected chi connectivity index (χ4v) is 2.15. The van der Waals surface area contributed by atoms with Crippen molar-refractivity contribution in [3.05, 3.63) is 12.1 Å². The molecule has 0 spiro atoms. The van der Waals surface area contributed by atoms with Gasteiger partial charge in [0.2, 0.25) is 11.8 Å². The van der Waals surface area contributed by atoms with Crippen LogP contribution in [-0.2, 0) is 19.2 Å². The molecule has 1 aromatic carbocycles. The van der Waals surface area contributed by atoms with Gasteiger partial charge in [-0.3, -0.25) is 19.2 Å². The van der Waals surface area contributed by atoms with Crippen LogP contribution in [0.25, 0.3) is 0 Å². The summed E-state index contributed by atoms with van der Waals surface area (Å²) in [5.41, 5.74) is 0.650. The molecular formula is C18H24N2O6. The molecule has 0 radical (unpaired) electrons. The zero-order valence-corrected chi connectivity index (χ0v) is 15.4. The fourth-order valence-electron chi connectivity index (χ4n) is 2.15. The molecule has 0 atom stereocenters. The van der Waals surface area contributed by atoms with E-state index in [1.54, 1.807) is 13.8 Å². The fraction of sp³-hybridized carbons (Fsp3) is 0.444. The average Bonchev–Trinajstić information content (AvgIpc) is 2.50. The number of rotatable bonds is 10. The minimum Gasteiger partial charge on any atom is -0.492 e. The molecule has 0 aromatic heterocycles. The average molecular weight is 364 g/mol. The Balaban J connectivity index is 3.19. The van der Waals surface area contributed by atoms with Gasteiger partial charge in [-0.25, -0.2) is 0 Å². The van der Waals surface area contributed by atoms with E-state index in [0.29, 0.717) is 36.1 Å². The second-order valence-electron chi connectivity index (χ2n) is 5.56. The third-order valence-corrected chi connectivity index (χ3v) is 3.05. The lowest BCUT2D eigenvalue weighted by atomic mass is 10.2. The third-order valence-electron chi connectivity index (χ3n) is 3.05. The van der Waals surface area contributed by atoms with Crippen molar-refractivity contribution in [1.82, 2.24) is 0 Å². The maximum absolute atomic E-state index is 11.9. The van der Waals surface area contributed by atoms with Crippen LogP contribution in [0.3, 0.4) is 0 Å². The van der Waals surface area contributed by atoms with Crippen LogP contribution >= 0.6 is 0 Å². The minimum atomic E-state index is -0.478. The third kappa shape index (κ3) is 6.92. The van der Waals surface area contributed by atoms with Crippen LogP contribution in [0.5, 0.6) is 11.5 Å². The molecule has 8 nitrogen and oxygen atoms in total. The second kappa shape index (κ2) is 10.2. The number of carbonyl (C=O) groups is 4. The van der Waals surface area contributed by atoms with Gasteiger partial charge in [-0.1, -0.05) is 0 Å². The summed E-state index contributed by atoms with van der Waals surface area (Å²) in [6.45, 7) is 6.83. The molecule has 2 amide bonds. The number of ether oxygens (including phenoxy) is 2. The maximum atomic E-state index is 11.9. The second-order valence-corrected chi connectivity index (χ2v) is 5.56. The zero-order valence-electron chi connectivity index (χ0n) is 15.4. The zero-order chi connectivity index (χ0) is 19.7. The van der Waals surface area contributed by atoms with Crippen LogP contribution in [0.15, 0.2) is 12.1 Å². The van der Waals surface area contributed by atoms with Gasteiger partial charge in [0.15, 0.2) is 0 Å². The van der Waals surface area contributed by atoms with Crippen LogP contribution in [0.1, 0.15) is 40.5 Å². The Morgan fingerprint density at radius 3 is 1.38 bits per heavy atom. The smallest absolute Gasteiger partial charge is 0.231 e. The molecule has 8 heteroatoms. The SMILES string of the molecule is CCOc1cc(NC(=O)CC(C)=O)c(OCC)cc1NC(=O)CC(C)=O. The summed E-state index contributed by atoms with van der Waals surface area (Å²) in [6.07, 6.45) is -0.515. The Bertz CT molecular complexity index is 639. The molecule has 0 heterocycles. The first-order valence-corrected chi connectivity index (χ1v) is 8.29. The van der Waals surface area contributed by atoms with Crippen molar-refractivity contribution >= 4 is 34.8 Å². The maximum Gasteiger partial charge on any atom is 0.231 e. The van der Waals surface area contributed by atoms with Gasteiger partial charge in [-0.05, 0) is 27.7 Å². The van der Waals surface area contributed by atoms with Gasteiger partial charge in [0.1, 0.15) is 23.1 Å². The van der Waals surface area contributed by atoms with Crippen LogP contribution in [-0.4, -0.2) is 36.6 Å². The Kier molecular flexibility index (Phi) is 8.27. The van der Waals surface area contributed by atoms with Gasteiger partial charge in [0, 0.05) is 12.1 Å². The van der Waals surface area contributed by atoms with Crippen molar-refractivity contribution in [3.8, 4) is 11.5 Å². The Hall–Kier alpha value is -2.90. The Morgan fingerprint density at radius 1 is 0.769 bits per heavy atom. The van der Waals surface area contributed by atoms with E-state index in [0.717, 1.165) is 0 Å². The molecule has 26 heavy (non-hydrogen) atoms. The van der Waals surface area contributed by atoms with Gasteiger partial charge < -0.3 is 20.1 Å². The highest BCUT2D eigenvalue weighted by atomic mass is 16.5. The molecule has 0 aliphatic carbocycles. The van der Waals surface area contributed by atoms with E-state index in [1.807, 2.05) is 0 Å². The monoisotopic (exact) mass is 364 g/mol. The van der Waals surface area contributed by atoms with Crippen molar-refractivity contribution in [2.75, 3.05) is 23.8 Å². The highest BCUT2D eigenvalue weighted by Gasteiger charge is 2.17. The van der Waals surface area contributed by atoms with E-state index in [-0.39, 0.29) is 24.4 Å². The first kappa shape index (κ1) is 21.1. The van der Waals surface area contributed by atoms with E-state index >= 15 is 0 Å². The first-order valence-electron chi connectivity index (χ1n) is 8.29. The van der Waals surface area contributed by atoms with Crippen LogP contribution in [0, 0.1) is 0 Å². The number of ketones is 2. The van der Waals surface area contributed by atoms with Crippen LogP contribution < -0.4 is 20.1 Å². The highest BCUT2D eigenvalue weighted by Crippen LogP contribution is 2.37. The molecule has 0 fully saturated rings. The molecule has 1 rings (SSSR count). The van der Waals surface area contributed by atoms with Gasteiger partial charge >= 0.3 is 0 Å². The lowest BCUT2D eigenvalue weighted by Gasteiger charge is -2.17. The summed E-state index contributed by atoms with van der Waals surface area (Å²) in [6, 6.07) is 3.02. The summed E-state index contributed by atoms with van der Waals surface area (Å²) >= 11 is 0. The Morgan fingerprint density at radius 2 is 1.12 bits per heavy atom. The molecule has 2 N–H and O–H groups in total. The van der Waals surface area contributed by atoms with Crippen molar-refractivity contribution in [1.29, 1.82) is 0 Å². The molecular weight excluding hydrogens is 340 g/mol. The number of anilines is 2. The summed E-state index contributed by atoms with van der Waals surface area (Å²) < 4.78 is 11.0. The predicted molar refractivity (Wildman–Crippen MR) is 96.6 cm³/mol. The standard InChI is InChI=1S/C18H24N2O6/c1-5-25-15-9-14(20-18(24)8-12(4)22)16(26-6-2)10-13(15)19-17(23)7-11(3)21/h9-10H,5-8H2,1-4H3,(H,19,23)(H,20,24). The summed E-state index contributed by atoms with van der Waals surface area (Å²) in [5, 5.41) is 5.21. The van der Waals surface area contributed by atoms with Crippen molar-refractivity contribution in [2.45, 2.75) is 40.5 Å². The molecule has 0 aliphatic rings. The quantitative estimate of drug-likeness (QED) is 0.617. The Labute approximate surface area is 152 Å². The predicted octanol–water partition coefficient (Wildman–Crippen LogP) is 2.32. The number of hydrogen-bond donors (Lipinski definition) is 2. The first-order chi connectivity index (χ1) is 12.3. The number of hydrogen-bond acceptors (Lipinski definition) is 6. The minimum absolute atomic E-state index is 0.257. The number of nitrogens with one attached hydrogen (secondary N) is 2. The van der Waals surface area contributed by atoms with Crippen molar-refractivity contribution < 1.29 is 28.7 Å². The lowest BCUT2D eigenvalue weighted by Crippen LogP contribution is -2.17. The molecule has 1 aromatic rings. The molecule has 0 unspecified atom stereocenters. The number of amides is 2. The molecule has 0 saturated heterocycles. The summed E-state index contributed by atoms with van der Waals surface area (Å²) in [7, 11) is 0. The van der Waals surface area contributed by atoms with E-state index in [1.165, 1.54) is 26.0 Å². The number of carbonyl (C=O) groups excluding carboxylic acids is 4. The van der Waals surface area contributed by atoms with Crippen LogP contribution in [0.4, 0.5) is 11.4 Å². The topological polar surface area (TPSA) is 111 Å². The largest absolute Gasteiger partial charge is 0.492 e. The highest BCUT2D eigenvalue weighted by molar-refractivity contribution is 6.06. The molecule has 0 aliphatic heterocycles. The summed E-state index contributed by atoms with van der Waals surface area (Å²) in [4.78, 5) is 46.0. The van der Waals surface area contributed by atoms with Gasteiger partial charge in [0.25, 0.3) is 0 Å². The van der Waals surface area contributed by atoms with E-state index in [4.69, 9.17) is 9.47 Å². The van der Waals surface area contributed by atoms with Gasteiger partial charge in [0.05, 0.1) is 37.4 Å². The van der Waals surface area contributed by atoms with Crippen molar-refractivity contribution in [3.63, 3.8) is 0 Å². The van der Waals surface area contributed by atoms with Crippen molar-refractivity contribution in [2.24, 2.45) is 0 Å². The van der Waals surface area contributed by atoms with E-state index in [2.05, 4.69) is 10.6 Å². The molecule has 142 valence electrons. The number of benzene rings is 1. The normalized spacial score (nSPS) is 10.0. The molecule has 0 bridgehead atoms. The van der Waals surface area contributed by atoms with Gasteiger partial charge in [-0.2, -0.15) is 0 Å².